The average Bonchev–Trinajstić information content (AvgIpc) is 3.12. The molecule has 3 aromatic rings. The summed E-state index contributed by atoms with van der Waals surface area (Å²) >= 11 is 11.3. The Balaban J connectivity index is 1.54. The number of nitrogens with one attached hydrogen (secondary N) is 3. The monoisotopic (exact) mass is 468 g/mol. The predicted octanol–water partition coefficient (Wildman–Crippen LogP) is 4.81. The van der Waals surface area contributed by atoms with E-state index in [1.54, 1.807) is 6.07 Å². The molecule has 0 bridgehead atoms. The first-order valence-electron chi connectivity index (χ1n) is 10.1. The van der Waals surface area contributed by atoms with E-state index in [9.17, 15) is 4.39 Å². The molecule has 4 rings (SSSR count). The van der Waals surface area contributed by atoms with Gasteiger partial charge in [-0.3, -0.25) is 5.32 Å². The Morgan fingerprint density at radius 1 is 1.03 bits per heavy atom. The van der Waals surface area contributed by atoms with Crippen molar-refractivity contribution >= 4 is 46.5 Å². The Kier molecular flexibility index (Phi) is 6.62. The smallest absolute Gasteiger partial charge is 0.229 e. The van der Waals surface area contributed by atoms with Crippen LogP contribution in [0.2, 0.25) is 5.02 Å². The number of fused-ring (bicyclic) bond motifs is 1. The Hall–Kier alpha value is -3.10. The summed E-state index contributed by atoms with van der Waals surface area (Å²) in [6, 6.07) is 14.6. The van der Waals surface area contributed by atoms with Crippen molar-refractivity contribution in [2.24, 2.45) is 4.99 Å². The van der Waals surface area contributed by atoms with Crippen molar-refractivity contribution in [2.45, 2.75) is 32.7 Å². The standard InChI is InChI=1S/C23H22ClFN6S/c1-13-9-14(2)27-21(26-13)30-22(28-18-10-15-5-3-4-6-16(15)11-18)31-23(32)29-17-7-8-20(25)19(24)12-17/h3-9,12,18H,10-11H2,1-2H3,(H3,26,27,28,29,30,31,32). The molecule has 3 N–H and O–H groups in total. The van der Waals surface area contributed by atoms with Crippen LogP contribution in [0.4, 0.5) is 16.0 Å². The van der Waals surface area contributed by atoms with Crippen molar-refractivity contribution in [1.29, 1.82) is 0 Å². The van der Waals surface area contributed by atoms with Crippen molar-refractivity contribution in [2.75, 3.05) is 10.6 Å². The van der Waals surface area contributed by atoms with Gasteiger partial charge in [-0.1, -0.05) is 35.9 Å². The highest BCUT2D eigenvalue weighted by Crippen LogP contribution is 2.24. The fraction of sp³-hybridized carbons (Fsp3) is 0.217. The second-order valence-electron chi connectivity index (χ2n) is 7.62. The lowest BCUT2D eigenvalue weighted by Crippen LogP contribution is -2.40. The lowest BCUT2D eigenvalue weighted by Gasteiger charge is -2.16. The predicted molar refractivity (Wildman–Crippen MR) is 131 cm³/mol. The summed E-state index contributed by atoms with van der Waals surface area (Å²) in [5.41, 5.74) is 4.84. The van der Waals surface area contributed by atoms with Gasteiger partial charge in [0.2, 0.25) is 11.9 Å². The normalized spacial score (nSPS) is 13.6. The first-order valence-corrected chi connectivity index (χ1v) is 10.9. The zero-order chi connectivity index (χ0) is 22.7. The van der Waals surface area contributed by atoms with E-state index in [1.165, 1.54) is 23.3 Å². The second-order valence-corrected chi connectivity index (χ2v) is 8.43. The minimum Gasteiger partial charge on any atom is -0.332 e. The highest BCUT2D eigenvalue weighted by atomic mass is 35.5. The van der Waals surface area contributed by atoms with Gasteiger partial charge in [0.1, 0.15) is 5.82 Å². The zero-order valence-electron chi connectivity index (χ0n) is 17.6. The molecule has 0 saturated carbocycles. The summed E-state index contributed by atoms with van der Waals surface area (Å²) in [6.07, 6.45) is 1.68. The van der Waals surface area contributed by atoms with Crippen molar-refractivity contribution in [3.05, 3.63) is 81.9 Å². The molecule has 0 amide bonds. The Morgan fingerprint density at radius 3 is 2.31 bits per heavy atom. The van der Waals surface area contributed by atoms with Crippen molar-refractivity contribution in [3.8, 4) is 0 Å². The summed E-state index contributed by atoms with van der Waals surface area (Å²) in [7, 11) is 0. The lowest BCUT2D eigenvalue weighted by atomic mass is 10.1. The van der Waals surface area contributed by atoms with Gasteiger partial charge in [-0.2, -0.15) is 0 Å². The fourth-order valence-electron chi connectivity index (χ4n) is 3.64. The molecule has 32 heavy (non-hydrogen) atoms. The summed E-state index contributed by atoms with van der Waals surface area (Å²) in [5.74, 6) is 0.364. The van der Waals surface area contributed by atoms with Crippen LogP contribution >= 0.6 is 23.8 Å². The maximum absolute atomic E-state index is 13.4. The summed E-state index contributed by atoms with van der Waals surface area (Å²) < 4.78 is 13.4. The first kappa shape index (κ1) is 22.1. The van der Waals surface area contributed by atoms with Crippen molar-refractivity contribution in [1.82, 2.24) is 15.3 Å². The van der Waals surface area contributed by atoms with Crippen LogP contribution in [0.1, 0.15) is 22.5 Å². The lowest BCUT2D eigenvalue weighted by molar-refractivity contribution is 0.628. The third-order valence-corrected chi connectivity index (χ3v) is 5.46. The minimum atomic E-state index is -0.493. The highest BCUT2D eigenvalue weighted by molar-refractivity contribution is 7.80. The van der Waals surface area contributed by atoms with Crippen LogP contribution in [-0.2, 0) is 12.8 Å². The molecule has 1 aliphatic carbocycles. The first-order chi connectivity index (χ1) is 15.4. The van der Waals surface area contributed by atoms with E-state index in [1.807, 2.05) is 32.0 Å². The fourth-order valence-corrected chi connectivity index (χ4v) is 4.03. The van der Waals surface area contributed by atoms with Crippen LogP contribution in [0.5, 0.6) is 0 Å². The van der Waals surface area contributed by atoms with Gasteiger partial charge in [0.25, 0.3) is 0 Å². The molecule has 164 valence electrons. The zero-order valence-corrected chi connectivity index (χ0v) is 19.2. The number of hydrogen-bond acceptors (Lipinski definition) is 4. The highest BCUT2D eigenvalue weighted by Gasteiger charge is 2.21. The number of aromatic nitrogens is 2. The van der Waals surface area contributed by atoms with Gasteiger partial charge in [0.05, 0.1) is 11.1 Å². The third kappa shape index (κ3) is 5.57. The van der Waals surface area contributed by atoms with E-state index in [-0.39, 0.29) is 16.2 Å². The van der Waals surface area contributed by atoms with E-state index in [2.05, 4.69) is 38.1 Å². The molecule has 1 aromatic heterocycles. The number of benzene rings is 2. The van der Waals surface area contributed by atoms with E-state index < -0.39 is 5.82 Å². The SMILES string of the molecule is Cc1cc(C)nc(NC(=NC2Cc3ccccc3C2)NC(=S)Nc2ccc(F)c(Cl)c2)n1. The number of aliphatic imine (C=N–C) groups is 1. The average molecular weight is 469 g/mol. The van der Waals surface area contributed by atoms with Gasteiger partial charge in [0.15, 0.2) is 5.11 Å². The number of thiocarbonyl (C=S) groups is 1. The summed E-state index contributed by atoms with van der Waals surface area (Å²) in [5, 5.41) is 9.52. The number of guanidine groups is 1. The number of halogens is 2. The third-order valence-electron chi connectivity index (χ3n) is 4.96. The van der Waals surface area contributed by atoms with Gasteiger partial charge in [0, 0.05) is 17.1 Å². The molecule has 0 saturated heterocycles. The van der Waals surface area contributed by atoms with E-state index in [4.69, 9.17) is 28.8 Å². The topological polar surface area (TPSA) is 74.2 Å². The molecule has 0 atom stereocenters. The van der Waals surface area contributed by atoms with Crippen LogP contribution in [0.3, 0.4) is 0 Å². The molecule has 0 unspecified atom stereocenters. The Morgan fingerprint density at radius 2 is 1.69 bits per heavy atom. The Labute approximate surface area is 196 Å². The second kappa shape index (κ2) is 9.58. The maximum Gasteiger partial charge on any atom is 0.229 e. The minimum absolute atomic E-state index is 0.0113. The van der Waals surface area contributed by atoms with Gasteiger partial charge in [-0.15, -0.1) is 0 Å². The van der Waals surface area contributed by atoms with E-state index in [0.717, 1.165) is 24.2 Å². The number of anilines is 2. The summed E-state index contributed by atoms with van der Waals surface area (Å²) in [6.45, 7) is 3.81. The van der Waals surface area contributed by atoms with Crippen molar-refractivity contribution < 1.29 is 4.39 Å². The molecule has 1 aliphatic rings. The van der Waals surface area contributed by atoms with Gasteiger partial charge >= 0.3 is 0 Å². The molecule has 6 nitrogen and oxygen atoms in total. The molecule has 0 spiro atoms. The van der Waals surface area contributed by atoms with Crippen molar-refractivity contribution in [3.63, 3.8) is 0 Å². The number of nitrogens with zero attached hydrogens (tertiary/aromatic N) is 3. The van der Waals surface area contributed by atoms with Crippen LogP contribution in [-0.4, -0.2) is 27.1 Å². The number of hydrogen-bond donors (Lipinski definition) is 3. The molecule has 0 aliphatic heterocycles. The molecule has 1 heterocycles. The molecular formula is C23H22ClFN6S. The van der Waals surface area contributed by atoms with Gasteiger partial charge in [-0.25, -0.2) is 19.4 Å². The maximum atomic E-state index is 13.4. The van der Waals surface area contributed by atoms with Gasteiger partial charge in [-0.05, 0) is 74.3 Å². The van der Waals surface area contributed by atoms with Gasteiger partial charge < -0.3 is 10.6 Å². The molecular weight excluding hydrogens is 447 g/mol. The molecule has 9 heteroatoms. The van der Waals surface area contributed by atoms with E-state index in [0.29, 0.717) is 17.6 Å². The van der Waals surface area contributed by atoms with Crippen LogP contribution < -0.4 is 16.0 Å². The summed E-state index contributed by atoms with van der Waals surface area (Å²) in [4.78, 5) is 13.7. The quantitative estimate of drug-likeness (QED) is 0.291. The molecule has 0 fully saturated rings. The molecule has 0 radical (unpaired) electrons. The number of rotatable bonds is 3. The Bertz CT molecular complexity index is 1150. The van der Waals surface area contributed by atoms with E-state index >= 15 is 0 Å². The van der Waals surface area contributed by atoms with Crippen LogP contribution in [0, 0.1) is 19.7 Å². The van der Waals surface area contributed by atoms with Crippen LogP contribution in [0.15, 0.2) is 53.5 Å². The number of aryl methyl sites for hydroxylation is 2. The molecule has 2 aromatic carbocycles. The largest absolute Gasteiger partial charge is 0.332 e. The van der Waals surface area contributed by atoms with Crippen LogP contribution in [0.25, 0.3) is 0 Å².